The van der Waals surface area contributed by atoms with Crippen LogP contribution in [-0.2, 0) is 0 Å². The van der Waals surface area contributed by atoms with Gasteiger partial charge in [-0.15, -0.1) is 0 Å². The van der Waals surface area contributed by atoms with Crippen molar-refractivity contribution in [2.24, 2.45) is 0 Å². The molecule has 0 aliphatic heterocycles. The summed E-state index contributed by atoms with van der Waals surface area (Å²) in [5.74, 6) is 0.423. The fourth-order valence-electron chi connectivity index (χ4n) is 0.503. The molecule has 0 aliphatic carbocycles. The molecule has 0 radical (unpaired) electrons. The van der Waals surface area contributed by atoms with Gasteiger partial charge in [-0.1, -0.05) is 11.6 Å². The molecule has 1 rings (SSSR count). The maximum Gasteiger partial charge on any atom is 0.169 e. The second-order valence-corrected chi connectivity index (χ2v) is 2.85. The summed E-state index contributed by atoms with van der Waals surface area (Å²) in [6.45, 7) is 0. The molecule has 1 heterocycles. The number of aromatic nitrogens is 1. The quantitative estimate of drug-likeness (QED) is 0.391. The van der Waals surface area contributed by atoms with E-state index in [1.54, 1.807) is 35.0 Å². The highest BCUT2D eigenvalue weighted by Gasteiger charge is 1.97. The molecule has 0 saturated heterocycles. The van der Waals surface area contributed by atoms with Crippen molar-refractivity contribution in [3.05, 3.63) is 23.5 Å². The zero-order valence-corrected chi connectivity index (χ0v) is 8.15. The molecule has 11 heavy (non-hydrogen) atoms. The zero-order valence-electron chi connectivity index (χ0n) is 5.24. The predicted molar refractivity (Wildman–Crippen MR) is 47.5 cm³/mol. The molecular formula is C5H4ClIN2O2. The van der Waals surface area contributed by atoms with E-state index in [0.717, 1.165) is 0 Å². The number of pyridine rings is 1. The van der Waals surface area contributed by atoms with E-state index in [1.165, 1.54) is 6.20 Å². The number of nitrogens with zero attached hydrogens (tertiary/aromatic N) is 2. The average Bonchev–Trinajstić information content (AvgIpc) is 1.93. The Labute approximate surface area is 82.1 Å². The molecule has 1 N–H and O–H groups in total. The Morgan fingerprint density at radius 1 is 1.64 bits per heavy atom. The van der Waals surface area contributed by atoms with Crippen LogP contribution in [0.4, 0.5) is 0 Å². The van der Waals surface area contributed by atoms with Crippen LogP contribution in [0, 0.1) is 0 Å². The van der Waals surface area contributed by atoms with Crippen molar-refractivity contribution in [3.63, 3.8) is 0 Å². The van der Waals surface area contributed by atoms with Crippen LogP contribution in [0.5, 0.6) is 5.75 Å². The maximum absolute atomic E-state index is 8.61. The molecular weight excluding hydrogens is 282 g/mol. The summed E-state index contributed by atoms with van der Waals surface area (Å²) < 4.78 is 0.558. The van der Waals surface area contributed by atoms with Crippen LogP contribution in [0.15, 0.2) is 18.3 Å². The third-order valence-electron chi connectivity index (χ3n) is 0.881. The van der Waals surface area contributed by atoms with Crippen LogP contribution < -0.4 is 4.84 Å². The van der Waals surface area contributed by atoms with E-state index in [4.69, 9.17) is 21.6 Å². The van der Waals surface area contributed by atoms with Gasteiger partial charge in [-0.2, -0.15) is 0 Å². The summed E-state index contributed by atoms with van der Waals surface area (Å²) in [7, 11) is 0. The van der Waals surface area contributed by atoms with E-state index in [-0.39, 0.29) is 0 Å². The van der Waals surface area contributed by atoms with Gasteiger partial charge in [-0.05, 0) is 12.1 Å². The highest BCUT2D eigenvalue weighted by Crippen LogP contribution is 2.13. The van der Waals surface area contributed by atoms with Gasteiger partial charge in [0.25, 0.3) is 0 Å². The third-order valence-corrected chi connectivity index (χ3v) is 1.30. The molecule has 0 aromatic carbocycles. The first-order valence-corrected chi connectivity index (χ1v) is 3.97. The fraction of sp³-hybridized carbons (Fsp3) is 0. The van der Waals surface area contributed by atoms with Crippen LogP contribution in [0.1, 0.15) is 0 Å². The lowest BCUT2D eigenvalue weighted by Crippen LogP contribution is -2.09. The first-order valence-electron chi connectivity index (χ1n) is 2.63. The second-order valence-electron chi connectivity index (χ2n) is 1.63. The van der Waals surface area contributed by atoms with Crippen molar-refractivity contribution in [3.8, 4) is 5.75 Å². The van der Waals surface area contributed by atoms with E-state index in [1.807, 2.05) is 0 Å². The Bertz CT molecular complexity index is 228. The summed E-state index contributed by atoms with van der Waals surface area (Å²) in [5.41, 5.74) is 0. The van der Waals surface area contributed by atoms with E-state index in [0.29, 0.717) is 14.3 Å². The number of hydrogen-bond acceptors (Lipinski definition) is 4. The van der Waals surface area contributed by atoms with Gasteiger partial charge in [-0.25, -0.2) is 4.98 Å². The van der Waals surface area contributed by atoms with Crippen LogP contribution in [0.25, 0.3) is 0 Å². The van der Waals surface area contributed by atoms with Crippen molar-refractivity contribution in [2.75, 3.05) is 0 Å². The molecule has 0 saturated carbocycles. The first kappa shape index (κ1) is 8.98. The van der Waals surface area contributed by atoms with Gasteiger partial charge in [0.15, 0.2) is 5.75 Å². The molecule has 1 aromatic rings. The maximum atomic E-state index is 8.61. The summed E-state index contributed by atoms with van der Waals surface area (Å²) in [6, 6.07) is 3.16. The zero-order chi connectivity index (χ0) is 8.27. The predicted octanol–water partition coefficient (Wildman–Crippen LogP) is 2.07. The molecule has 6 heteroatoms. The minimum Gasteiger partial charge on any atom is -0.369 e. The van der Waals surface area contributed by atoms with Crippen LogP contribution in [-0.4, -0.2) is 13.6 Å². The summed E-state index contributed by atoms with van der Waals surface area (Å²) in [6.07, 6.45) is 1.41. The standard InChI is InChI=1S/C5H4ClIN2O2/c6-5-2-1-4(3-8-5)11-9(7)10/h1-3,10H. The lowest BCUT2D eigenvalue weighted by Gasteiger charge is -2.05. The molecule has 60 valence electrons. The summed E-state index contributed by atoms with van der Waals surface area (Å²) >= 11 is 7.06. The topological polar surface area (TPSA) is 45.6 Å². The van der Waals surface area contributed by atoms with Crippen LogP contribution in [0.2, 0.25) is 5.15 Å². The van der Waals surface area contributed by atoms with Crippen molar-refractivity contribution in [2.45, 2.75) is 0 Å². The second kappa shape index (κ2) is 4.05. The Balaban J connectivity index is 2.66. The Morgan fingerprint density at radius 2 is 2.36 bits per heavy atom. The largest absolute Gasteiger partial charge is 0.369 e. The minimum absolute atomic E-state index is 0.385. The highest BCUT2D eigenvalue weighted by molar-refractivity contribution is 14.1. The van der Waals surface area contributed by atoms with Crippen molar-refractivity contribution >= 4 is 34.5 Å². The number of halogens is 2. The van der Waals surface area contributed by atoms with Crippen molar-refractivity contribution in [1.82, 2.24) is 8.42 Å². The van der Waals surface area contributed by atoms with Crippen molar-refractivity contribution < 1.29 is 10.0 Å². The normalized spacial score (nSPS) is 10.2. The van der Waals surface area contributed by atoms with Gasteiger partial charge in [0.2, 0.25) is 0 Å². The van der Waals surface area contributed by atoms with Gasteiger partial charge in [0.1, 0.15) is 28.0 Å². The van der Waals surface area contributed by atoms with E-state index in [2.05, 4.69) is 4.98 Å². The third kappa shape index (κ3) is 3.19. The Hall–Kier alpha value is -0.110. The van der Waals surface area contributed by atoms with Crippen LogP contribution in [0.3, 0.4) is 0 Å². The van der Waals surface area contributed by atoms with Gasteiger partial charge in [-0.3, -0.25) is 5.21 Å². The highest BCUT2D eigenvalue weighted by atomic mass is 127. The van der Waals surface area contributed by atoms with Crippen molar-refractivity contribution in [1.29, 1.82) is 0 Å². The van der Waals surface area contributed by atoms with Gasteiger partial charge < -0.3 is 4.84 Å². The molecule has 0 unspecified atom stereocenters. The number of rotatable bonds is 2. The summed E-state index contributed by atoms with van der Waals surface area (Å²) in [5, 5.41) is 9.00. The average molecular weight is 286 g/mol. The smallest absolute Gasteiger partial charge is 0.169 e. The molecule has 0 aliphatic rings. The fourth-order valence-corrected chi connectivity index (χ4v) is 0.842. The van der Waals surface area contributed by atoms with Crippen LogP contribution >= 0.6 is 34.5 Å². The summed E-state index contributed by atoms with van der Waals surface area (Å²) in [4.78, 5) is 8.46. The molecule has 0 spiro atoms. The van der Waals surface area contributed by atoms with E-state index < -0.39 is 0 Å². The minimum atomic E-state index is 0.385. The van der Waals surface area contributed by atoms with E-state index >= 15 is 0 Å². The molecule has 0 atom stereocenters. The molecule has 0 amide bonds. The lowest BCUT2D eigenvalue weighted by molar-refractivity contribution is -0.168. The van der Waals surface area contributed by atoms with E-state index in [9.17, 15) is 0 Å². The molecule has 1 aromatic heterocycles. The molecule has 4 nitrogen and oxygen atoms in total. The Morgan fingerprint density at radius 3 is 2.82 bits per heavy atom. The number of hydrogen-bond donors (Lipinski definition) is 1. The van der Waals surface area contributed by atoms with Gasteiger partial charge in [0.05, 0.1) is 6.20 Å². The molecule has 0 bridgehead atoms. The first-order chi connectivity index (χ1) is 5.18. The monoisotopic (exact) mass is 286 g/mol. The SMILES string of the molecule is ON(I)Oc1ccc(Cl)nc1. The Kier molecular flexibility index (Phi) is 3.31. The van der Waals surface area contributed by atoms with Gasteiger partial charge in [0, 0.05) is 3.44 Å². The lowest BCUT2D eigenvalue weighted by atomic mass is 10.5. The molecule has 0 fully saturated rings. The van der Waals surface area contributed by atoms with Gasteiger partial charge >= 0.3 is 0 Å².